The highest BCUT2D eigenvalue weighted by molar-refractivity contribution is 5.44. The van der Waals surface area contributed by atoms with Gasteiger partial charge in [-0.3, -0.25) is 0 Å². The van der Waals surface area contributed by atoms with Crippen LogP contribution in [0.25, 0.3) is 0 Å². The van der Waals surface area contributed by atoms with Crippen LogP contribution >= 0.6 is 0 Å². The molecule has 2 aliphatic rings. The van der Waals surface area contributed by atoms with Gasteiger partial charge in [-0.15, -0.1) is 0 Å². The molecule has 1 aromatic heterocycles. The maximum Gasteiger partial charge on any atom is 0.187 e. The Balaban J connectivity index is 1.90. The average Bonchev–Trinajstić information content (AvgIpc) is 2.96. The predicted octanol–water partition coefficient (Wildman–Crippen LogP) is 1.93. The summed E-state index contributed by atoms with van der Waals surface area (Å²) in [6.45, 7) is 5.61. The summed E-state index contributed by atoms with van der Waals surface area (Å²) in [7, 11) is 0. The molecule has 0 aromatic carbocycles. The molecule has 2 aliphatic heterocycles. The first-order chi connectivity index (χ1) is 10.5. The zero-order valence-corrected chi connectivity index (χ0v) is 13.3. The van der Waals surface area contributed by atoms with Gasteiger partial charge in [0, 0.05) is 25.1 Å². The highest BCUT2D eigenvalue weighted by Crippen LogP contribution is 2.38. The van der Waals surface area contributed by atoms with Gasteiger partial charge in [0.2, 0.25) is 0 Å². The van der Waals surface area contributed by atoms with E-state index in [-0.39, 0.29) is 17.8 Å². The Morgan fingerprint density at radius 2 is 2.32 bits per heavy atom. The molecule has 0 radical (unpaired) electrons. The molecule has 2 fully saturated rings. The summed E-state index contributed by atoms with van der Waals surface area (Å²) in [5.41, 5.74) is -0.329. The van der Waals surface area contributed by atoms with Crippen LogP contribution in [0.1, 0.15) is 38.8 Å². The second-order valence-electron chi connectivity index (χ2n) is 6.50. The van der Waals surface area contributed by atoms with Gasteiger partial charge in [0.05, 0.1) is 17.9 Å². The third kappa shape index (κ3) is 2.70. The van der Waals surface area contributed by atoms with E-state index in [4.69, 9.17) is 4.74 Å². The Morgan fingerprint density at radius 1 is 1.50 bits per heavy atom. The summed E-state index contributed by atoms with van der Waals surface area (Å²) in [6.07, 6.45) is 4.50. The number of aryl methyl sites for hydroxylation is 1. The van der Waals surface area contributed by atoms with Gasteiger partial charge >= 0.3 is 0 Å². The van der Waals surface area contributed by atoms with Gasteiger partial charge in [-0.1, -0.05) is 6.92 Å². The van der Waals surface area contributed by atoms with E-state index in [1.54, 1.807) is 0 Å². The van der Waals surface area contributed by atoms with E-state index in [9.17, 15) is 9.50 Å². The van der Waals surface area contributed by atoms with Crippen molar-refractivity contribution in [1.82, 2.24) is 9.97 Å². The molecule has 0 amide bonds. The van der Waals surface area contributed by atoms with Crippen LogP contribution in [0, 0.1) is 11.7 Å². The van der Waals surface area contributed by atoms with Crippen LogP contribution in [0.4, 0.5) is 10.2 Å². The monoisotopic (exact) mass is 309 g/mol. The number of hydrogen-bond acceptors (Lipinski definition) is 5. The largest absolute Gasteiger partial charge is 0.390 e. The van der Waals surface area contributed by atoms with Crippen molar-refractivity contribution < 1.29 is 14.2 Å². The van der Waals surface area contributed by atoms with Crippen molar-refractivity contribution in [3.63, 3.8) is 0 Å². The van der Waals surface area contributed by atoms with Crippen molar-refractivity contribution in [2.75, 3.05) is 24.7 Å². The predicted molar refractivity (Wildman–Crippen MR) is 81.3 cm³/mol. The highest BCUT2D eigenvalue weighted by Gasteiger charge is 2.45. The van der Waals surface area contributed by atoms with Gasteiger partial charge in [0.15, 0.2) is 11.6 Å². The smallest absolute Gasteiger partial charge is 0.187 e. The molecular formula is C16H24FN3O2. The molecule has 3 rings (SSSR count). The topological polar surface area (TPSA) is 58.5 Å². The molecule has 122 valence electrons. The fourth-order valence-corrected chi connectivity index (χ4v) is 3.70. The van der Waals surface area contributed by atoms with Crippen LogP contribution in [0.15, 0.2) is 6.33 Å². The molecule has 3 heterocycles. The number of ether oxygens (including phenoxy) is 1. The van der Waals surface area contributed by atoms with Crippen LogP contribution in [-0.2, 0) is 11.2 Å². The van der Waals surface area contributed by atoms with E-state index in [1.165, 1.54) is 6.33 Å². The van der Waals surface area contributed by atoms with Crippen LogP contribution in [0.5, 0.6) is 0 Å². The SMILES string of the molecule is CCc1ncnc(N2CCCC2C2COCCC2(C)O)c1F. The zero-order chi connectivity index (χ0) is 15.7. The maximum absolute atomic E-state index is 14.6. The Labute approximate surface area is 130 Å². The molecule has 22 heavy (non-hydrogen) atoms. The summed E-state index contributed by atoms with van der Waals surface area (Å²) < 4.78 is 20.2. The molecular weight excluding hydrogens is 285 g/mol. The van der Waals surface area contributed by atoms with Gasteiger partial charge in [-0.05, 0) is 32.6 Å². The summed E-state index contributed by atoms with van der Waals surface area (Å²) in [5.74, 6) is 0.0205. The number of halogens is 1. The van der Waals surface area contributed by atoms with E-state index in [2.05, 4.69) is 9.97 Å². The molecule has 2 saturated heterocycles. The van der Waals surface area contributed by atoms with E-state index in [0.717, 1.165) is 19.4 Å². The Bertz CT molecular complexity index is 538. The van der Waals surface area contributed by atoms with Crippen LogP contribution in [0.3, 0.4) is 0 Å². The van der Waals surface area contributed by atoms with Crippen molar-refractivity contribution in [2.45, 2.75) is 51.2 Å². The number of hydrogen-bond donors (Lipinski definition) is 1. The number of rotatable bonds is 3. The molecule has 3 unspecified atom stereocenters. The normalized spacial score (nSPS) is 32.5. The lowest BCUT2D eigenvalue weighted by atomic mass is 9.79. The summed E-state index contributed by atoms with van der Waals surface area (Å²) >= 11 is 0. The van der Waals surface area contributed by atoms with Crippen LogP contribution in [0.2, 0.25) is 0 Å². The minimum Gasteiger partial charge on any atom is -0.390 e. The molecule has 5 nitrogen and oxygen atoms in total. The lowest BCUT2D eigenvalue weighted by Gasteiger charge is -2.43. The van der Waals surface area contributed by atoms with E-state index in [0.29, 0.717) is 37.6 Å². The Kier molecular flexibility index (Phi) is 4.32. The first-order valence-corrected chi connectivity index (χ1v) is 8.10. The minimum absolute atomic E-state index is 0.0248. The number of anilines is 1. The van der Waals surface area contributed by atoms with Gasteiger partial charge in [0.1, 0.15) is 6.33 Å². The van der Waals surface area contributed by atoms with Gasteiger partial charge in [-0.25, -0.2) is 14.4 Å². The molecule has 1 N–H and O–H groups in total. The quantitative estimate of drug-likeness (QED) is 0.924. The van der Waals surface area contributed by atoms with E-state index >= 15 is 0 Å². The Morgan fingerprint density at radius 3 is 3.05 bits per heavy atom. The van der Waals surface area contributed by atoms with Gasteiger partial charge in [0.25, 0.3) is 0 Å². The standard InChI is InChI=1S/C16H24FN3O2/c1-3-12-14(17)15(19-10-18-12)20-7-4-5-13(20)11-9-22-8-6-16(11,2)21/h10-11,13,21H,3-9H2,1-2H3. The lowest BCUT2D eigenvalue weighted by Crippen LogP contribution is -2.53. The third-order valence-electron chi connectivity index (χ3n) is 5.06. The molecule has 0 saturated carbocycles. The van der Waals surface area contributed by atoms with Crippen molar-refractivity contribution in [2.24, 2.45) is 5.92 Å². The number of nitrogens with zero attached hydrogens (tertiary/aromatic N) is 3. The average molecular weight is 309 g/mol. The molecule has 1 aromatic rings. The second-order valence-corrected chi connectivity index (χ2v) is 6.50. The van der Waals surface area contributed by atoms with Gasteiger partial charge in [-0.2, -0.15) is 0 Å². The Hall–Kier alpha value is -1.27. The van der Waals surface area contributed by atoms with Crippen molar-refractivity contribution in [3.05, 3.63) is 17.8 Å². The minimum atomic E-state index is -0.775. The highest BCUT2D eigenvalue weighted by atomic mass is 19.1. The van der Waals surface area contributed by atoms with Crippen molar-refractivity contribution >= 4 is 5.82 Å². The third-order valence-corrected chi connectivity index (χ3v) is 5.06. The number of aromatic nitrogens is 2. The van der Waals surface area contributed by atoms with Gasteiger partial charge < -0.3 is 14.7 Å². The molecule has 3 atom stereocenters. The van der Waals surface area contributed by atoms with E-state index in [1.807, 2.05) is 18.7 Å². The molecule has 0 aliphatic carbocycles. The maximum atomic E-state index is 14.6. The van der Waals surface area contributed by atoms with E-state index < -0.39 is 5.60 Å². The fourth-order valence-electron chi connectivity index (χ4n) is 3.70. The number of aliphatic hydroxyl groups is 1. The van der Waals surface area contributed by atoms with Crippen molar-refractivity contribution in [3.8, 4) is 0 Å². The summed E-state index contributed by atoms with van der Waals surface area (Å²) in [4.78, 5) is 10.2. The van der Waals surface area contributed by atoms with Crippen LogP contribution in [-0.4, -0.2) is 46.5 Å². The lowest BCUT2D eigenvalue weighted by molar-refractivity contribution is -0.108. The van der Waals surface area contributed by atoms with Crippen molar-refractivity contribution in [1.29, 1.82) is 0 Å². The molecule has 0 spiro atoms. The summed E-state index contributed by atoms with van der Waals surface area (Å²) in [6, 6.07) is 0.0596. The van der Waals surface area contributed by atoms with Crippen LogP contribution < -0.4 is 4.90 Å². The summed E-state index contributed by atoms with van der Waals surface area (Å²) in [5, 5.41) is 10.7. The molecule has 0 bridgehead atoms. The first-order valence-electron chi connectivity index (χ1n) is 8.10. The zero-order valence-electron chi connectivity index (χ0n) is 13.3. The second kappa shape index (κ2) is 6.08. The first kappa shape index (κ1) is 15.6. The fraction of sp³-hybridized carbons (Fsp3) is 0.750. The molecule has 6 heteroatoms.